The lowest BCUT2D eigenvalue weighted by Crippen LogP contribution is -2.30. The fraction of sp³-hybridized carbons (Fsp3) is 0.500. The summed E-state index contributed by atoms with van der Waals surface area (Å²) >= 11 is 0. The lowest BCUT2D eigenvalue weighted by atomic mass is 9.85. The van der Waals surface area contributed by atoms with Gasteiger partial charge in [-0.3, -0.25) is 0 Å². The summed E-state index contributed by atoms with van der Waals surface area (Å²) in [5.41, 5.74) is 2.31. The van der Waals surface area contributed by atoms with E-state index in [2.05, 4.69) is 4.90 Å². The highest BCUT2D eigenvalue weighted by molar-refractivity contribution is 5.95. The minimum atomic E-state index is -0.843. The highest BCUT2D eigenvalue weighted by Crippen LogP contribution is 2.31. The molecule has 1 saturated carbocycles. The van der Waals surface area contributed by atoms with Crippen molar-refractivity contribution in [2.75, 3.05) is 18.5 Å². The summed E-state index contributed by atoms with van der Waals surface area (Å²) in [4.78, 5) is 13.3. The predicted octanol–water partition coefficient (Wildman–Crippen LogP) is 2.93. The number of para-hydroxylation sites is 1. The largest absolute Gasteiger partial charge is 0.478 e. The standard InChI is InChI=1S/C14H19NO2/c1-10-5-3-8-12(14(16)17)13(10)15(2)9-11-6-4-7-11/h3,5,8,11H,4,6-7,9H2,1-2H3,(H,16,17). The van der Waals surface area contributed by atoms with Crippen LogP contribution in [0.25, 0.3) is 0 Å². The van der Waals surface area contributed by atoms with Crippen LogP contribution in [0.3, 0.4) is 0 Å². The van der Waals surface area contributed by atoms with Gasteiger partial charge in [0.2, 0.25) is 0 Å². The Kier molecular flexibility index (Phi) is 3.36. The summed E-state index contributed by atoms with van der Waals surface area (Å²) < 4.78 is 0. The van der Waals surface area contributed by atoms with Crippen LogP contribution in [0.2, 0.25) is 0 Å². The van der Waals surface area contributed by atoms with Crippen LogP contribution in [-0.4, -0.2) is 24.7 Å². The molecule has 0 spiro atoms. The summed E-state index contributed by atoms with van der Waals surface area (Å²) in [7, 11) is 1.99. The third-order valence-electron chi connectivity index (χ3n) is 3.61. The zero-order valence-corrected chi connectivity index (χ0v) is 10.4. The van der Waals surface area contributed by atoms with E-state index in [4.69, 9.17) is 0 Å². The minimum absolute atomic E-state index is 0.409. The summed E-state index contributed by atoms with van der Waals surface area (Å²) in [6.07, 6.45) is 3.87. The van der Waals surface area contributed by atoms with Gasteiger partial charge < -0.3 is 10.0 Å². The number of carboxylic acids is 1. The normalized spacial score (nSPS) is 15.4. The average Bonchev–Trinajstić information content (AvgIpc) is 2.22. The molecule has 3 heteroatoms. The van der Waals surface area contributed by atoms with Crippen LogP contribution < -0.4 is 4.90 Å². The van der Waals surface area contributed by atoms with Gasteiger partial charge in [-0.1, -0.05) is 18.6 Å². The first kappa shape index (κ1) is 12.0. The highest BCUT2D eigenvalue weighted by Gasteiger charge is 2.22. The van der Waals surface area contributed by atoms with Crippen molar-refractivity contribution in [3.63, 3.8) is 0 Å². The summed E-state index contributed by atoms with van der Waals surface area (Å²) in [5, 5.41) is 9.22. The number of carbonyl (C=O) groups is 1. The number of hydrogen-bond acceptors (Lipinski definition) is 2. The maximum absolute atomic E-state index is 11.2. The molecule has 0 unspecified atom stereocenters. The highest BCUT2D eigenvalue weighted by atomic mass is 16.4. The second-order valence-electron chi connectivity index (χ2n) is 4.95. The van der Waals surface area contributed by atoms with Crippen LogP contribution in [0.15, 0.2) is 18.2 Å². The van der Waals surface area contributed by atoms with E-state index < -0.39 is 5.97 Å². The Bertz CT molecular complexity index is 424. The Morgan fingerprint density at radius 2 is 2.18 bits per heavy atom. The molecule has 0 aromatic heterocycles. The zero-order valence-electron chi connectivity index (χ0n) is 10.4. The lowest BCUT2D eigenvalue weighted by Gasteiger charge is -2.32. The van der Waals surface area contributed by atoms with Crippen molar-refractivity contribution in [1.29, 1.82) is 0 Å². The van der Waals surface area contributed by atoms with Gasteiger partial charge in [0.15, 0.2) is 0 Å². The third kappa shape index (κ3) is 2.43. The van der Waals surface area contributed by atoms with Crippen molar-refractivity contribution in [1.82, 2.24) is 0 Å². The SMILES string of the molecule is Cc1cccc(C(=O)O)c1N(C)CC1CCC1. The van der Waals surface area contributed by atoms with Crippen LogP contribution in [0.5, 0.6) is 0 Å². The van der Waals surface area contributed by atoms with E-state index in [1.54, 1.807) is 12.1 Å². The van der Waals surface area contributed by atoms with Gasteiger partial charge in [-0.05, 0) is 37.3 Å². The van der Waals surface area contributed by atoms with Crippen molar-refractivity contribution >= 4 is 11.7 Å². The number of hydrogen-bond donors (Lipinski definition) is 1. The van der Waals surface area contributed by atoms with Crippen LogP contribution in [0.4, 0.5) is 5.69 Å². The van der Waals surface area contributed by atoms with Crippen LogP contribution in [-0.2, 0) is 0 Å². The molecule has 1 N–H and O–H groups in total. The van der Waals surface area contributed by atoms with Gasteiger partial charge in [0.05, 0.1) is 11.3 Å². The van der Waals surface area contributed by atoms with Crippen molar-refractivity contribution in [2.24, 2.45) is 5.92 Å². The molecule has 2 rings (SSSR count). The number of nitrogens with zero attached hydrogens (tertiary/aromatic N) is 1. The van der Waals surface area contributed by atoms with Crippen LogP contribution in [0, 0.1) is 12.8 Å². The van der Waals surface area contributed by atoms with E-state index >= 15 is 0 Å². The Labute approximate surface area is 102 Å². The number of benzene rings is 1. The van der Waals surface area contributed by atoms with Gasteiger partial charge in [-0.25, -0.2) is 4.79 Å². The molecule has 1 aromatic carbocycles. The number of rotatable bonds is 4. The number of anilines is 1. The molecule has 0 atom stereocenters. The molecule has 1 aliphatic rings. The van der Waals surface area contributed by atoms with Crippen molar-refractivity contribution in [2.45, 2.75) is 26.2 Å². The zero-order chi connectivity index (χ0) is 12.4. The Morgan fingerprint density at radius 3 is 2.71 bits per heavy atom. The van der Waals surface area contributed by atoms with E-state index in [0.717, 1.165) is 23.7 Å². The van der Waals surface area contributed by atoms with Gasteiger partial charge >= 0.3 is 5.97 Å². The quantitative estimate of drug-likeness (QED) is 0.869. The lowest BCUT2D eigenvalue weighted by molar-refractivity contribution is 0.0697. The molecule has 0 bridgehead atoms. The second kappa shape index (κ2) is 4.78. The molecule has 0 heterocycles. The van der Waals surface area contributed by atoms with E-state index in [1.165, 1.54) is 19.3 Å². The van der Waals surface area contributed by atoms with Gasteiger partial charge in [0, 0.05) is 13.6 Å². The van der Waals surface area contributed by atoms with Gasteiger partial charge in [0.25, 0.3) is 0 Å². The summed E-state index contributed by atoms with van der Waals surface area (Å²) in [6.45, 7) is 2.93. The summed E-state index contributed by atoms with van der Waals surface area (Å²) in [5.74, 6) is -0.106. The van der Waals surface area contributed by atoms with E-state index in [1.807, 2.05) is 20.0 Å². The minimum Gasteiger partial charge on any atom is -0.478 e. The molecule has 0 aliphatic heterocycles. The average molecular weight is 233 g/mol. The molecule has 92 valence electrons. The van der Waals surface area contributed by atoms with E-state index in [-0.39, 0.29) is 0 Å². The fourth-order valence-electron chi connectivity index (χ4n) is 2.49. The second-order valence-corrected chi connectivity index (χ2v) is 4.95. The predicted molar refractivity (Wildman–Crippen MR) is 68.7 cm³/mol. The Hall–Kier alpha value is -1.51. The van der Waals surface area contributed by atoms with E-state index in [0.29, 0.717) is 5.56 Å². The van der Waals surface area contributed by atoms with Crippen LogP contribution in [0.1, 0.15) is 35.2 Å². The molecule has 1 aliphatic carbocycles. The molecule has 17 heavy (non-hydrogen) atoms. The number of carboxylic acid groups (broad SMARTS) is 1. The first-order valence-corrected chi connectivity index (χ1v) is 6.13. The molecule has 3 nitrogen and oxygen atoms in total. The maximum Gasteiger partial charge on any atom is 0.337 e. The number of aromatic carboxylic acids is 1. The first-order chi connectivity index (χ1) is 8.09. The molecular weight excluding hydrogens is 214 g/mol. The fourth-order valence-corrected chi connectivity index (χ4v) is 2.49. The molecule has 0 radical (unpaired) electrons. The molecule has 0 saturated heterocycles. The van der Waals surface area contributed by atoms with Crippen molar-refractivity contribution in [3.8, 4) is 0 Å². The molecular formula is C14H19NO2. The van der Waals surface area contributed by atoms with Crippen LogP contribution >= 0.6 is 0 Å². The maximum atomic E-state index is 11.2. The van der Waals surface area contributed by atoms with E-state index in [9.17, 15) is 9.90 Å². The summed E-state index contributed by atoms with van der Waals surface area (Å²) in [6, 6.07) is 5.46. The monoisotopic (exact) mass is 233 g/mol. The Morgan fingerprint density at radius 1 is 1.47 bits per heavy atom. The number of aryl methyl sites for hydroxylation is 1. The topological polar surface area (TPSA) is 40.5 Å². The third-order valence-corrected chi connectivity index (χ3v) is 3.61. The molecule has 1 fully saturated rings. The van der Waals surface area contributed by atoms with Crippen molar-refractivity contribution in [3.05, 3.63) is 29.3 Å². The van der Waals surface area contributed by atoms with Crippen molar-refractivity contribution < 1.29 is 9.90 Å². The van der Waals surface area contributed by atoms with Gasteiger partial charge in [-0.2, -0.15) is 0 Å². The first-order valence-electron chi connectivity index (χ1n) is 6.13. The van der Waals surface area contributed by atoms with Gasteiger partial charge in [-0.15, -0.1) is 0 Å². The van der Waals surface area contributed by atoms with Gasteiger partial charge in [0.1, 0.15) is 0 Å². The smallest absolute Gasteiger partial charge is 0.337 e. The molecule has 0 amide bonds. The Balaban J connectivity index is 2.25. The molecule has 1 aromatic rings.